The van der Waals surface area contributed by atoms with E-state index in [9.17, 15) is 5.21 Å². The van der Waals surface area contributed by atoms with Gasteiger partial charge in [0.15, 0.2) is 11.6 Å². The lowest BCUT2D eigenvalue weighted by Gasteiger charge is -2.14. The van der Waals surface area contributed by atoms with Crippen molar-refractivity contribution in [3.8, 4) is 34.4 Å². The number of pyridine rings is 1. The molecule has 2 aromatic carbocycles. The highest BCUT2D eigenvalue weighted by molar-refractivity contribution is 5.70. The molecule has 0 aromatic heterocycles. The number of aromatic nitrogens is 3. The van der Waals surface area contributed by atoms with Gasteiger partial charge in [-0.2, -0.15) is 4.73 Å². The number of fused-ring (bicyclic) bond motifs is 1. The molecule has 0 saturated carbocycles. The molecule has 0 fully saturated rings. The lowest BCUT2D eigenvalue weighted by Crippen LogP contribution is -2.07. The Labute approximate surface area is 163 Å². The normalized spacial score (nSPS) is 11.1. The summed E-state index contributed by atoms with van der Waals surface area (Å²) in [4.78, 5) is 9.02. The molecule has 2 heterocycles. The summed E-state index contributed by atoms with van der Waals surface area (Å²) in [6.07, 6.45) is 1.52. The van der Waals surface area contributed by atoms with Crippen LogP contribution >= 0.6 is 0 Å². The van der Waals surface area contributed by atoms with Crippen molar-refractivity contribution in [1.82, 2.24) is 14.7 Å². The van der Waals surface area contributed by atoms with Crippen molar-refractivity contribution in [2.45, 2.75) is 26.6 Å². The van der Waals surface area contributed by atoms with E-state index in [1.54, 1.807) is 12.1 Å². The smallest absolute Gasteiger partial charge is 0.195 e. The first kappa shape index (κ1) is 17.9. The largest absolute Gasteiger partial charge is 0.490 e. The Hall–Kier alpha value is -3.54. The van der Waals surface area contributed by atoms with Crippen molar-refractivity contribution in [3.63, 3.8) is 0 Å². The highest BCUT2D eigenvalue weighted by Gasteiger charge is 2.19. The van der Waals surface area contributed by atoms with Crippen molar-refractivity contribution in [1.29, 1.82) is 0 Å². The first-order valence-corrected chi connectivity index (χ1v) is 9.12. The molecule has 0 spiro atoms. The summed E-state index contributed by atoms with van der Waals surface area (Å²) in [6, 6.07) is 19.1. The minimum Gasteiger partial charge on any atom is -0.490 e. The SMILES string of the molecule is CC(C)Oc1ccc(OCc2ccccc2)cc1-c1nc2cccn(O)c-2n1. The van der Waals surface area contributed by atoms with E-state index < -0.39 is 0 Å². The molecular weight excluding hydrogens is 354 g/mol. The van der Waals surface area contributed by atoms with Gasteiger partial charge in [-0.1, -0.05) is 30.3 Å². The predicted octanol–water partition coefficient (Wildman–Crippen LogP) is 4.65. The second-order valence-corrected chi connectivity index (χ2v) is 6.71. The number of benzene rings is 2. The molecule has 0 atom stereocenters. The molecule has 0 unspecified atom stereocenters. The highest BCUT2D eigenvalue weighted by atomic mass is 16.5. The van der Waals surface area contributed by atoms with Crippen LogP contribution in [0.15, 0.2) is 66.9 Å². The van der Waals surface area contributed by atoms with E-state index in [0.717, 1.165) is 15.9 Å². The summed E-state index contributed by atoms with van der Waals surface area (Å²) in [6.45, 7) is 4.40. The zero-order valence-corrected chi connectivity index (χ0v) is 15.7. The third kappa shape index (κ3) is 3.76. The molecule has 28 heavy (non-hydrogen) atoms. The third-order valence-electron chi connectivity index (χ3n) is 4.17. The second kappa shape index (κ2) is 7.60. The Morgan fingerprint density at radius 2 is 1.82 bits per heavy atom. The Morgan fingerprint density at radius 1 is 1.00 bits per heavy atom. The number of imidazole rings is 1. The van der Waals surface area contributed by atoms with Crippen LogP contribution in [0.4, 0.5) is 0 Å². The standard InChI is InChI=1S/C22H21N3O3/c1-15(2)28-20-11-10-17(27-14-16-7-4-3-5-8-16)13-18(20)21-23-19-9-6-12-25(26)22(19)24-21/h3-13,15,26H,14H2,1-2H3. The predicted molar refractivity (Wildman–Crippen MR) is 106 cm³/mol. The molecule has 2 aliphatic rings. The van der Waals surface area contributed by atoms with Gasteiger partial charge in [-0.3, -0.25) is 0 Å². The van der Waals surface area contributed by atoms with E-state index in [0.29, 0.717) is 35.4 Å². The summed E-state index contributed by atoms with van der Waals surface area (Å²) in [7, 11) is 0. The van der Waals surface area contributed by atoms with Gasteiger partial charge in [0, 0.05) is 6.20 Å². The van der Waals surface area contributed by atoms with Crippen LogP contribution in [-0.2, 0) is 6.61 Å². The topological polar surface area (TPSA) is 69.4 Å². The average Bonchev–Trinajstić information content (AvgIpc) is 3.13. The first-order chi connectivity index (χ1) is 13.6. The van der Waals surface area contributed by atoms with Crippen molar-refractivity contribution in [2.75, 3.05) is 0 Å². The van der Waals surface area contributed by atoms with Crippen LogP contribution in [0.25, 0.3) is 22.9 Å². The third-order valence-corrected chi connectivity index (χ3v) is 4.17. The number of hydrogen-bond acceptors (Lipinski definition) is 5. The maximum Gasteiger partial charge on any atom is 0.195 e. The van der Waals surface area contributed by atoms with Crippen molar-refractivity contribution in [3.05, 3.63) is 72.4 Å². The van der Waals surface area contributed by atoms with Crippen LogP contribution in [0, 0.1) is 0 Å². The van der Waals surface area contributed by atoms with Gasteiger partial charge in [0.1, 0.15) is 23.8 Å². The fourth-order valence-corrected chi connectivity index (χ4v) is 2.91. The molecule has 142 valence electrons. The van der Waals surface area contributed by atoms with Gasteiger partial charge < -0.3 is 14.7 Å². The maximum absolute atomic E-state index is 9.97. The molecule has 2 aliphatic heterocycles. The summed E-state index contributed by atoms with van der Waals surface area (Å²) in [5.74, 6) is 2.23. The first-order valence-electron chi connectivity index (χ1n) is 9.12. The molecule has 0 amide bonds. The Balaban J connectivity index is 1.70. The van der Waals surface area contributed by atoms with Crippen molar-refractivity contribution in [2.24, 2.45) is 0 Å². The van der Waals surface area contributed by atoms with E-state index in [2.05, 4.69) is 9.97 Å². The molecular formula is C22H21N3O3. The van der Waals surface area contributed by atoms with E-state index >= 15 is 0 Å². The molecule has 6 heteroatoms. The van der Waals surface area contributed by atoms with Gasteiger partial charge >= 0.3 is 0 Å². The monoisotopic (exact) mass is 375 g/mol. The van der Waals surface area contributed by atoms with Gasteiger partial charge in [-0.25, -0.2) is 9.97 Å². The Bertz CT molecular complexity index is 1040. The van der Waals surface area contributed by atoms with Gasteiger partial charge in [0.25, 0.3) is 0 Å². The van der Waals surface area contributed by atoms with Crippen LogP contribution < -0.4 is 9.47 Å². The molecule has 0 saturated heterocycles. The van der Waals surface area contributed by atoms with Crippen molar-refractivity contribution < 1.29 is 14.7 Å². The minimum atomic E-state index is 0.00185. The van der Waals surface area contributed by atoms with Crippen LogP contribution in [0.1, 0.15) is 19.4 Å². The highest BCUT2D eigenvalue weighted by Crippen LogP contribution is 2.35. The zero-order chi connectivity index (χ0) is 19.5. The quantitative estimate of drug-likeness (QED) is 0.497. The van der Waals surface area contributed by atoms with Crippen LogP contribution in [0.2, 0.25) is 0 Å². The molecule has 6 nitrogen and oxygen atoms in total. The Kier molecular flexibility index (Phi) is 4.85. The fraction of sp³-hybridized carbons (Fsp3) is 0.182. The molecule has 0 aliphatic carbocycles. The molecule has 4 rings (SSSR count). The lowest BCUT2D eigenvalue weighted by molar-refractivity contribution is 0.186. The van der Waals surface area contributed by atoms with E-state index in [1.165, 1.54) is 6.20 Å². The van der Waals surface area contributed by atoms with Gasteiger partial charge in [0.2, 0.25) is 0 Å². The van der Waals surface area contributed by atoms with Gasteiger partial charge in [-0.15, -0.1) is 0 Å². The van der Waals surface area contributed by atoms with Gasteiger partial charge in [-0.05, 0) is 49.7 Å². The minimum absolute atomic E-state index is 0.00185. The molecule has 1 N–H and O–H groups in total. The van der Waals surface area contributed by atoms with Crippen molar-refractivity contribution >= 4 is 0 Å². The van der Waals surface area contributed by atoms with Crippen LogP contribution in [0.5, 0.6) is 11.5 Å². The Morgan fingerprint density at radius 3 is 2.57 bits per heavy atom. The molecule has 2 aromatic rings. The van der Waals surface area contributed by atoms with Gasteiger partial charge in [0.05, 0.1) is 11.7 Å². The van der Waals surface area contributed by atoms with E-state index in [-0.39, 0.29) is 6.10 Å². The van der Waals surface area contributed by atoms with E-state index in [4.69, 9.17) is 9.47 Å². The molecule has 0 bridgehead atoms. The number of rotatable bonds is 6. The van der Waals surface area contributed by atoms with E-state index in [1.807, 2.05) is 62.4 Å². The summed E-state index contributed by atoms with van der Waals surface area (Å²) < 4.78 is 12.8. The summed E-state index contributed by atoms with van der Waals surface area (Å²) in [5, 5.41) is 9.97. The fourth-order valence-electron chi connectivity index (χ4n) is 2.91. The van der Waals surface area contributed by atoms with Crippen LogP contribution in [-0.4, -0.2) is 26.0 Å². The second-order valence-electron chi connectivity index (χ2n) is 6.71. The maximum atomic E-state index is 9.97. The number of ether oxygens (including phenoxy) is 2. The number of hydrogen-bond donors (Lipinski definition) is 1. The summed E-state index contributed by atoms with van der Waals surface area (Å²) >= 11 is 0. The number of nitrogens with zero attached hydrogens (tertiary/aromatic N) is 3. The summed E-state index contributed by atoms with van der Waals surface area (Å²) in [5.41, 5.74) is 2.41. The average molecular weight is 375 g/mol. The van der Waals surface area contributed by atoms with Crippen LogP contribution in [0.3, 0.4) is 0 Å². The zero-order valence-electron chi connectivity index (χ0n) is 15.7. The lowest BCUT2D eigenvalue weighted by atomic mass is 10.1. The molecule has 0 radical (unpaired) electrons.